The van der Waals surface area contributed by atoms with Crippen LogP contribution in [0.3, 0.4) is 0 Å². The van der Waals surface area contributed by atoms with Crippen LogP contribution in [0.25, 0.3) is 0 Å². The van der Waals surface area contributed by atoms with E-state index in [1.807, 2.05) is 6.92 Å². The minimum atomic E-state index is -1.85. The standard InChI is InChI=1S/C27H48N4O4/c1-5-6-12-27(28,24(33)34)31-25(35)30-22(13-18-10-8-7-9-11-18)23(32)29-16-19-14-20-15-21(17(19)2)26(20,3)4/h17-22H,5-16,28H2,1-4H3,(H,29,32)(H,33,34)(H2,30,31,35)/t17-,19?,20?,21+,22-,27?/m1/s1. The van der Waals surface area contributed by atoms with Crippen LogP contribution < -0.4 is 21.7 Å². The van der Waals surface area contributed by atoms with Crippen molar-refractivity contribution in [1.29, 1.82) is 0 Å². The van der Waals surface area contributed by atoms with Crippen molar-refractivity contribution in [3.8, 4) is 0 Å². The van der Waals surface area contributed by atoms with Crippen molar-refractivity contribution in [2.45, 2.75) is 110 Å². The van der Waals surface area contributed by atoms with Gasteiger partial charge in [-0.2, -0.15) is 0 Å². The van der Waals surface area contributed by atoms with Crippen molar-refractivity contribution in [1.82, 2.24) is 16.0 Å². The molecule has 0 aromatic carbocycles. The minimum Gasteiger partial charge on any atom is -0.478 e. The number of carbonyl (C=O) groups excluding carboxylic acids is 2. The molecule has 3 amide bonds. The Kier molecular flexibility index (Phi) is 9.11. The number of nitrogens with two attached hydrogens (primary N) is 1. The second-order valence-corrected chi connectivity index (χ2v) is 12.2. The molecular formula is C27H48N4O4. The molecule has 0 heterocycles. The van der Waals surface area contributed by atoms with E-state index in [-0.39, 0.29) is 12.3 Å². The zero-order valence-electron chi connectivity index (χ0n) is 22.2. The molecule has 8 heteroatoms. The Hall–Kier alpha value is -1.83. The van der Waals surface area contributed by atoms with E-state index in [1.54, 1.807) is 0 Å². The van der Waals surface area contributed by atoms with E-state index in [2.05, 4.69) is 36.7 Å². The van der Waals surface area contributed by atoms with Crippen molar-refractivity contribution in [2.75, 3.05) is 6.54 Å². The summed E-state index contributed by atoms with van der Waals surface area (Å²) in [5, 5.41) is 17.9. The minimum absolute atomic E-state index is 0.129. The van der Waals surface area contributed by atoms with Crippen LogP contribution in [-0.4, -0.2) is 41.3 Å². The molecule has 6 N–H and O–H groups in total. The molecule has 0 aliphatic heterocycles. The number of rotatable bonds is 11. The summed E-state index contributed by atoms with van der Waals surface area (Å²) in [5.41, 5.74) is 4.55. The average Bonchev–Trinajstić information content (AvgIpc) is 2.81. The van der Waals surface area contributed by atoms with Crippen molar-refractivity contribution < 1.29 is 19.5 Å². The average molecular weight is 493 g/mol. The number of nitrogens with one attached hydrogen (secondary N) is 3. The van der Waals surface area contributed by atoms with Gasteiger partial charge in [-0.3, -0.25) is 10.5 Å². The third-order valence-electron chi connectivity index (χ3n) is 9.61. The van der Waals surface area contributed by atoms with Gasteiger partial charge in [0.2, 0.25) is 5.91 Å². The molecule has 4 aliphatic rings. The molecule has 0 radical (unpaired) electrons. The van der Waals surface area contributed by atoms with Gasteiger partial charge < -0.3 is 21.1 Å². The van der Waals surface area contributed by atoms with Crippen LogP contribution in [0.15, 0.2) is 0 Å². The summed E-state index contributed by atoms with van der Waals surface area (Å²) in [6.07, 6.45) is 10.1. The van der Waals surface area contributed by atoms with E-state index in [4.69, 9.17) is 5.73 Å². The highest BCUT2D eigenvalue weighted by atomic mass is 16.4. The summed E-state index contributed by atoms with van der Waals surface area (Å²) in [6.45, 7) is 9.61. The molecule has 4 aliphatic carbocycles. The molecule has 4 saturated carbocycles. The van der Waals surface area contributed by atoms with Gasteiger partial charge in [-0.05, 0) is 67.1 Å². The molecular weight excluding hydrogens is 444 g/mol. The van der Waals surface area contributed by atoms with Crippen molar-refractivity contribution in [3.63, 3.8) is 0 Å². The topological polar surface area (TPSA) is 134 Å². The number of urea groups is 1. The fourth-order valence-electron chi connectivity index (χ4n) is 6.94. The van der Waals surface area contributed by atoms with E-state index in [0.29, 0.717) is 48.5 Å². The molecule has 0 saturated heterocycles. The van der Waals surface area contributed by atoms with Gasteiger partial charge in [0, 0.05) is 6.54 Å². The lowest BCUT2D eigenvalue weighted by molar-refractivity contribution is -0.144. The van der Waals surface area contributed by atoms with Gasteiger partial charge >= 0.3 is 12.0 Å². The number of unbranched alkanes of at least 4 members (excludes halogenated alkanes) is 1. The van der Waals surface area contributed by atoms with Gasteiger partial charge in [0.1, 0.15) is 6.04 Å². The molecule has 35 heavy (non-hydrogen) atoms. The van der Waals surface area contributed by atoms with E-state index in [0.717, 1.165) is 44.4 Å². The Morgan fingerprint density at radius 1 is 1.14 bits per heavy atom. The number of fused-ring (bicyclic) bond motifs is 2. The predicted octanol–water partition coefficient (Wildman–Crippen LogP) is 3.99. The Bertz CT molecular complexity index is 766. The van der Waals surface area contributed by atoms with Crippen LogP contribution in [0.4, 0.5) is 4.79 Å². The van der Waals surface area contributed by atoms with E-state index < -0.39 is 23.7 Å². The molecule has 8 nitrogen and oxygen atoms in total. The van der Waals surface area contributed by atoms with Gasteiger partial charge in [0.05, 0.1) is 0 Å². The SMILES string of the molecule is CCCCC(N)(NC(=O)N[C@H](CC1CCCCC1)C(=O)NCC1CC2C[C@@H]([C@@H]1C)C2(C)C)C(=O)O. The van der Waals surface area contributed by atoms with Crippen LogP contribution >= 0.6 is 0 Å². The highest BCUT2D eigenvalue weighted by Crippen LogP contribution is 2.62. The van der Waals surface area contributed by atoms with Gasteiger partial charge in [0.25, 0.3) is 0 Å². The maximum atomic E-state index is 13.3. The van der Waals surface area contributed by atoms with Gasteiger partial charge in [0.15, 0.2) is 5.66 Å². The van der Waals surface area contributed by atoms with E-state index in [9.17, 15) is 19.5 Å². The predicted molar refractivity (Wildman–Crippen MR) is 136 cm³/mol. The molecule has 2 bridgehead atoms. The molecule has 6 atom stereocenters. The first-order chi connectivity index (χ1) is 16.5. The third kappa shape index (κ3) is 6.49. The lowest BCUT2D eigenvalue weighted by Gasteiger charge is -2.62. The second kappa shape index (κ2) is 11.5. The molecule has 200 valence electrons. The highest BCUT2D eigenvalue weighted by Gasteiger charge is 2.56. The number of carbonyl (C=O) groups is 3. The largest absolute Gasteiger partial charge is 0.478 e. The van der Waals surface area contributed by atoms with E-state index >= 15 is 0 Å². The Morgan fingerprint density at radius 3 is 2.40 bits per heavy atom. The first-order valence-electron chi connectivity index (χ1n) is 13.9. The molecule has 0 spiro atoms. The number of amides is 3. The maximum Gasteiger partial charge on any atom is 0.344 e. The van der Waals surface area contributed by atoms with Gasteiger partial charge in [-0.15, -0.1) is 0 Å². The Labute approximate surface area is 210 Å². The highest BCUT2D eigenvalue weighted by molar-refractivity contribution is 5.90. The fourth-order valence-corrected chi connectivity index (χ4v) is 6.94. The second-order valence-electron chi connectivity index (χ2n) is 12.2. The zero-order chi connectivity index (χ0) is 25.8. The van der Waals surface area contributed by atoms with Crippen molar-refractivity contribution >= 4 is 17.9 Å². The van der Waals surface area contributed by atoms with Gasteiger partial charge in [-0.25, -0.2) is 9.59 Å². The number of hydrogen-bond donors (Lipinski definition) is 5. The van der Waals surface area contributed by atoms with Gasteiger partial charge in [-0.1, -0.05) is 66.2 Å². The lowest BCUT2D eigenvalue weighted by Crippen LogP contribution is -2.65. The number of hydrogen-bond acceptors (Lipinski definition) is 4. The first kappa shape index (κ1) is 27.8. The molecule has 0 aromatic rings. The summed E-state index contributed by atoms with van der Waals surface area (Å²) < 4.78 is 0. The zero-order valence-corrected chi connectivity index (χ0v) is 22.2. The van der Waals surface area contributed by atoms with Crippen LogP contribution in [-0.2, 0) is 9.59 Å². The smallest absolute Gasteiger partial charge is 0.344 e. The van der Waals surface area contributed by atoms with Crippen LogP contribution in [0.1, 0.15) is 98.3 Å². The van der Waals surface area contributed by atoms with Crippen LogP contribution in [0.2, 0.25) is 0 Å². The summed E-state index contributed by atoms with van der Waals surface area (Å²) in [7, 11) is 0. The molecule has 4 fully saturated rings. The first-order valence-corrected chi connectivity index (χ1v) is 13.9. The Morgan fingerprint density at radius 2 is 1.83 bits per heavy atom. The van der Waals surface area contributed by atoms with Crippen LogP contribution in [0, 0.1) is 35.0 Å². The summed E-state index contributed by atoms with van der Waals surface area (Å²) >= 11 is 0. The van der Waals surface area contributed by atoms with Crippen molar-refractivity contribution in [2.24, 2.45) is 40.7 Å². The van der Waals surface area contributed by atoms with E-state index in [1.165, 1.54) is 12.8 Å². The summed E-state index contributed by atoms with van der Waals surface area (Å²) in [5.74, 6) is 1.38. The monoisotopic (exact) mass is 492 g/mol. The summed E-state index contributed by atoms with van der Waals surface area (Å²) in [4.78, 5) is 37.8. The van der Waals surface area contributed by atoms with Crippen LogP contribution in [0.5, 0.6) is 0 Å². The number of carboxylic acids is 1. The molecule has 0 aromatic heterocycles. The molecule has 4 rings (SSSR count). The maximum absolute atomic E-state index is 13.3. The Balaban J connectivity index is 1.61. The number of aliphatic carboxylic acids is 1. The third-order valence-corrected chi connectivity index (χ3v) is 9.61. The lowest BCUT2D eigenvalue weighted by atomic mass is 9.43. The number of carboxylic acid groups (broad SMARTS) is 1. The molecule has 3 unspecified atom stereocenters. The normalized spacial score (nSPS) is 30.3. The quantitative estimate of drug-likeness (QED) is 0.278. The summed E-state index contributed by atoms with van der Waals surface area (Å²) in [6, 6.07) is -1.40. The fraction of sp³-hybridized carbons (Fsp3) is 0.889. The van der Waals surface area contributed by atoms with Crippen molar-refractivity contribution in [3.05, 3.63) is 0 Å².